The standard InChI is InChI=1S/C58H105N11O20/c1-82-51(74)15-35-66(36-16-52(75)83-2)43-25-60-47(70)11-31-64(32-12-48(71)61-26-44-67(37-17-53(76)84-3)38-18-54(77)85-4)29-9-23-59-24-10-30-65(33-13-49(72)62-27-45-68(39-19-55(78)86-5)40-20-56(79)87-6)34-14-50(73)63-28-46-69(41-21-57(80)88-7)42-22-58(81)89-8/h59H,9-46H2,1-8H3,(H,60,70)(H,61,71)(H,62,72)(H,63,73). The molecule has 31 heteroatoms. The Kier molecular flexibility index (Phi) is 50.3. The summed E-state index contributed by atoms with van der Waals surface area (Å²) < 4.78 is 38.1. The molecule has 0 aliphatic heterocycles. The first-order valence-corrected chi connectivity index (χ1v) is 30.4. The van der Waals surface area contributed by atoms with Crippen LogP contribution >= 0.6 is 0 Å². The zero-order valence-corrected chi connectivity index (χ0v) is 54.2. The molecule has 512 valence electrons. The SMILES string of the molecule is COC(=O)CCN(CCNC(=O)CCN(CCCNCCCN(CCC(=O)NCCN(CCC(=O)OC)CCC(=O)OC)CCC(=O)NCCN(CCC(=O)OC)CCC(=O)OC)CCC(=O)NCCN(CCC(=O)OC)CCC(=O)OC)CCC(=O)OC. The lowest BCUT2D eigenvalue weighted by Gasteiger charge is -2.24. The van der Waals surface area contributed by atoms with Gasteiger partial charge in [-0.05, 0) is 39.0 Å². The van der Waals surface area contributed by atoms with E-state index in [1.54, 1.807) is 0 Å². The zero-order valence-electron chi connectivity index (χ0n) is 54.2. The van der Waals surface area contributed by atoms with Crippen LogP contribution in [0.15, 0.2) is 0 Å². The molecule has 0 aromatic carbocycles. The molecule has 0 heterocycles. The average Bonchev–Trinajstić information content (AvgIpc) is 3.54. The number of hydrogen-bond donors (Lipinski definition) is 5. The summed E-state index contributed by atoms with van der Waals surface area (Å²) in [6.07, 6.45) is 2.64. The number of ether oxygens (including phenoxy) is 8. The summed E-state index contributed by atoms with van der Waals surface area (Å²) in [6.45, 7) is 8.61. The molecule has 0 spiro atoms. The third-order valence-electron chi connectivity index (χ3n) is 14.2. The number of amides is 4. The van der Waals surface area contributed by atoms with Crippen molar-refractivity contribution in [1.82, 2.24) is 56.0 Å². The molecule has 0 unspecified atom stereocenters. The topological polar surface area (TPSA) is 358 Å². The van der Waals surface area contributed by atoms with E-state index in [9.17, 15) is 57.5 Å². The molecule has 0 saturated carbocycles. The van der Waals surface area contributed by atoms with Gasteiger partial charge in [0.2, 0.25) is 23.6 Å². The van der Waals surface area contributed by atoms with Crippen LogP contribution in [-0.2, 0) is 95.4 Å². The van der Waals surface area contributed by atoms with Crippen molar-refractivity contribution in [3.8, 4) is 0 Å². The van der Waals surface area contributed by atoms with E-state index >= 15 is 0 Å². The predicted octanol–water partition coefficient (Wildman–Crippen LogP) is -2.30. The van der Waals surface area contributed by atoms with Gasteiger partial charge in [-0.2, -0.15) is 0 Å². The van der Waals surface area contributed by atoms with Crippen LogP contribution in [0.4, 0.5) is 0 Å². The van der Waals surface area contributed by atoms with Crippen LogP contribution in [0.2, 0.25) is 0 Å². The Balaban J connectivity index is 5.91. The second-order valence-electron chi connectivity index (χ2n) is 20.5. The maximum Gasteiger partial charge on any atom is 0.306 e. The third kappa shape index (κ3) is 48.0. The van der Waals surface area contributed by atoms with E-state index in [0.717, 1.165) is 0 Å². The highest BCUT2D eigenvalue weighted by atomic mass is 16.5. The van der Waals surface area contributed by atoms with Gasteiger partial charge in [0.05, 0.1) is 108 Å². The highest BCUT2D eigenvalue weighted by molar-refractivity contribution is 5.78. The van der Waals surface area contributed by atoms with Gasteiger partial charge in [0.25, 0.3) is 0 Å². The van der Waals surface area contributed by atoms with Crippen LogP contribution < -0.4 is 26.6 Å². The first-order chi connectivity index (χ1) is 42.7. The summed E-state index contributed by atoms with van der Waals surface area (Å²) in [5, 5.41) is 15.1. The fraction of sp³-hybridized carbons (Fsp3) is 0.793. The molecule has 0 fully saturated rings. The number of esters is 8. The van der Waals surface area contributed by atoms with E-state index < -0.39 is 47.8 Å². The molecule has 0 bridgehead atoms. The molecule has 5 N–H and O–H groups in total. The zero-order chi connectivity index (χ0) is 66.5. The Morgan fingerprint density at radius 3 is 0.539 bits per heavy atom. The number of nitrogens with zero attached hydrogens (tertiary/aromatic N) is 6. The third-order valence-corrected chi connectivity index (χ3v) is 14.2. The van der Waals surface area contributed by atoms with Gasteiger partial charge in [0.15, 0.2) is 0 Å². The fourth-order valence-corrected chi connectivity index (χ4v) is 8.61. The molecule has 0 rings (SSSR count). The summed E-state index contributed by atoms with van der Waals surface area (Å²) in [6, 6.07) is 0. The normalized spacial score (nSPS) is 11.1. The molecule has 0 aromatic heterocycles. The minimum absolute atomic E-state index is 0.103. The summed E-state index contributed by atoms with van der Waals surface area (Å²) in [7, 11) is 10.3. The van der Waals surface area contributed by atoms with E-state index in [1.807, 2.05) is 29.4 Å². The average molecular weight is 1280 g/mol. The number of methoxy groups -OCH3 is 8. The van der Waals surface area contributed by atoms with Crippen molar-refractivity contribution in [2.24, 2.45) is 0 Å². The van der Waals surface area contributed by atoms with Crippen LogP contribution in [0.25, 0.3) is 0 Å². The van der Waals surface area contributed by atoms with Crippen LogP contribution in [0.5, 0.6) is 0 Å². The molecule has 0 aromatic rings. The van der Waals surface area contributed by atoms with Crippen LogP contribution in [0.1, 0.15) is 89.9 Å². The van der Waals surface area contributed by atoms with E-state index in [2.05, 4.69) is 26.6 Å². The first-order valence-electron chi connectivity index (χ1n) is 30.4. The van der Waals surface area contributed by atoms with Crippen LogP contribution in [0.3, 0.4) is 0 Å². The molecule has 4 amide bonds. The number of rotatable bonds is 56. The second kappa shape index (κ2) is 54.3. The molecule has 0 atom stereocenters. The number of nitrogens with one attached hydrogen (secondary N) is 5. The summed E-state index contributed by atoms with van der Waals surface area (Å²) >= 11 is 0. The van der Waals surface area contributed by atoms with Gasteiger partial charge in [-0.15, -0.1) is 0 Å². The Morgan fingerprint density at radius 1 is 0.213 bits per heavy atom. The van der Waals surface area contributed by atoms with Gasteiger partial charge in [0.1, 0.15) is 0 Å². The lowest BCUT2D eigenvalue weighted by atomic mass is 10.2. The van der Waals surface area contributed by atoms with Crippen molar-refractivity contribution >= 4 is 71.4 Å². The monoisotopic (exact) mass is 1280 g/mol. The number of hydrogen-bond acceptors (Lipinski definition) is 27. The maximum atomic E-state index is 13.2. The number of carbonyl (C=O) groups excluding carboxylic acids is 12. The summed E-state index contributed by atoms with van der Waals surface area (Å²) in [5.74, 6) is -4.15. The van der Waals surface area contributed by atoms with Crippen molar-refractivity contribution in [2.45, 2.75) is 89.9 Å². The number of carbonyl (C=O) groups is 12. The molecule has 0 saturated heterocycles. The van der Waals surface area contributed by atoms with Crippen LogP contribution in [-0.4, -0.2) is 315 Å². The molecule has 31 nitrogen and oxygen atoms in total. The lowest BCUT2D eigenvalue weighted by molar-refractivity contribution is -0.142. The maximum absolute atomic E-state index is 13.2. The lowest BCUT2D eigenvalue weighted by Crippen LogP contribution is -2.40. The predicted molar refractivity (Wildman–Crippen MR) is 324 cm³/mol. The van der Waals surface area contributed by atoms with E-state index in [1.165, 1.54) is 56.9 Å². The minimum atomic E-state index is -0.405. The van der Waals surface area contributed by atoms with Gasteiger partial charge in [-0.3, -0.25) is 57.5 Å². The summed E-state index contributed by atoms with van der Waals surface area (Å²) in [5.41, 5.74) is 0. The second-order valence-corrected chi connectivity index (χ2v) is 20.5. The van der Waals surface area contributed by atoms with Crippen LogP contribution in [0, 0.1) is 0 Å². The highest BCUT2D eigenvalue weighted by Crippen LogP contribution is 2.05. The van der Waals surface area contributed by atoms with E-state index in [-0.39, 0.29) is 127 Å². The van der Waals surface area contributed by atoms with Gasteiger partial charge in [0, 0.05) is 157 Å². The first kappa shape index (κ1) is 82.4. The Labute approximate surface area is 525 Å². The van der Waals surface area contributed by atoms with Gasteiger partial charge in [-0.25, -0.2) is 0 Å². The Morgan fingerprint density at radius 2 is 0.371 bits per heavy atom. The highest BCUT2D eigenvalue weighted by Gasteiger charge is 2.19. The molecule has 89 heavy (non-hydrogen) atoms. The van der Waals surface area contributed by atoms with E-state index in [0.29, 0.717) is 144 Å². The fourth-order valence-electron chi connectivity index (χ4n) is 8.61. The smallest absolute Gasteiger partial charge is 0.306 e. The van der Waals surface area contributed by atoms with Crippen molar-refractivity contribution in [2.75, 3.05) is 214 Å². The molecule has 0 aliphatic rings. The van der Waals surface area contributed by atoms with Gasteiger partial charge in [-0.1, -0.05) is 0 Å². The van der Waals surface area contributed by atoms with Crippen molar-refractivity contribution < 1.29 is 95.4 Å². The van der Waals surface area contributed by atoms with Crippen molar-refractivity contribution in [1.29, 1.82) is 0 Å². The molecule has 0 radical (unpaired) electrons. The van der Waals surface area contributed by atoms with Crippen molar-refractivity contribution in [3.05, 3.63) is 0 Å². The molecule has 0 aliphatic carbocycles. The minimum Gasteiger partial charge on any atom is -0.469 e. The van der Waals surface area contributed by atoms with E-state index in [4.69, 9.17) is 37.9 Å². The van der Waals surface area contributed by atoms with Gasteiger partial charge < -0.3 is 93.9 Å². The molecular formula is C58H105N11O20. The largest absolute Gasteiger partial charge is 0.469 e. The quantitative estimate of drug-likeness (QED) is 0.0243. The van der Waals surface area contributed by atoms with Gasteiger partial charge >= 0.3 is 47.8 Å². The van der Waals surface area contributed by atoms with Crippen molar-refractivity contribution in [3.63, 3.8) is 0 Å². The molecular weight excluding hydrogens is 1170 g/mol. The Hall–Kier alpha value is -6.64. The Bertz CT molecular complexity index is 1730. The summed E-state index contributed by atoms with van der Waals surface area (Å²) in [4.78, 5) is 159.